The molecule has 0 aliphatic carbocycles. The average molecular weight is 732 g/mol. The van der Waals surface area contributed by atoms with Gasteiger partial charge in [-0.3, -0.25) is 4.79 Å². The molecular formula is C39H77N3O9. The number of aliphatic hydroxyl groups excluding tert-OH is 3. The zero-order valence-corrected chi connectivity index (χ0v) is 33.9. The molecule has 0 bridgehead atoms. The van der Waals surface area contributed by atoms with Crippen LogP contribution in [0.5, 0.6) is 0 Å². The van der Waals surface area contributed by atoms with E-state index in [9.17, 15) is 30.3 Å². The molecule has 0 spiro atoms. The number of nitrogens with one attached hydrogen (secondary N) is 1. The van der Waals surface area contributed by atoms with Crippen LogP contribution in [-0.4, -0.2) is 147 Å². The van der Waals surface area contributed by atoms with E-state index in [4.69, 9.17) is 14.2 Å². The first-order valence-corrected chi connectivity index (χ1v) is 20.0. The van der Waals surface area contributed by atoms with Gasteiger partial charge in [-0.25, -0.2) is 0 Å². The van der Waals surface area contributed by atoms with Crippen molar-refractivity contribution < 1.29 is 44.5 Å². The number of hydrogen-bond donors (Lipinski definition) is 6. The summed E-state index contributed by atoms with van der Waals surface area (Å²) in [7, 11) is 1.84. The normalized spacial score (nSPS) is 41.2. The number of rotatable bonds is 14. The fourth-order valence-electron chi connectivity index (χ4n) is 8.14. The van der Waals surface area contributed by atoms with Crippen molar-refractivity contribution in [2.75, 3.05) is 39.8 Å². The first kappa shape index (κ1) is 46.2. The zero-order chi connectivity index (χ0) is 38.7. The fourth-order valence-corrected chi connectivity index (χ4v) is 8.14. The van der Waals surface area contributed by atoms with Crippen molar-refractivity contribution >= 4 is 5.97 Å². The van der Waals surface area contributed by atoms with E-state index in [-0.39, 0.29) is 30.9 Å². The summed E-state index contributed by atoms with van der Waals surface area (Å²) in [6, 6.07) is -0.800. The van der Waals surface area contributed by atoms with Crippen LogP contribution in [0.25, 0.3) is 0 Å². The Morgan fingerprint density at radius 3 is 2.10 bits per heavy atom. The lowest BCUT2D eigenvalue weighted by molar-refractivity contribution is -0.294. The van der Waals surface area contributed by atoms with E-state index in [2.05, 4.69) is 24.1 Å². The Hall–Kier alpha value is -0.930. The summed E-state index contributed by atoms with van der Waals surface area (Å²) in [5.41, 5.74) is -3.27. The molecule has 302 valence electrons. The molecular weight excluding hydrogens is 654 g/mol. The molecule has 2 heterocycles. The summed E-state index contributed by atoms with van der Waals surface area (Å²) in [4.78, 5) is 17.9. The molecule has 0 amide bonds. The summed E-state index contributed by atoms with van der Waals surface area (Å²) in [5.74, 6) is -2.68. The highest BCUT2D eigenvalue weighted by molar-refractivity contribution is 5.73. The average Bonchev–Trinajstić information content (AvgIpc) is 3.07. The molecule has 51 heavy (non-hydrogen) atoms. The second-order valence-electron chi connectivity index (χ2n) is 16.6. The van der Waals surface area contributed by atoms with Gasteiger partial charge in [0.05, 0.1) is 29.8 Å². The maximum absolute atomic E-state index is 13.5. The van der Waals surface area contributed by atoms with Crippen molar-refractivity contribution in [2.45, 2.75) is 187 Å². The van der Waals surface area contributed by atoms with Gasteiger partial charge >= 0.3 is 5.97 Å². The van der Waals surface area contributed by atoms with Crippen LogP contribution in [0.4, 0.5) is 0 Å². The third-order valence-electron chi connectivity index (χ3n) is 11.5. The molecule has 12 heteroatoms. The Morgan fingerprint density at radius 2 is 1.53 bits per heavy atom. The van der Waals surface area contributed by atoms with Crippen LogP contribution in [0.15, 0.2) is 0 Å². The number of esters is 1. The van der Waals surface area contributed by atoms with Gasteiger partial charge in [0, 0.05) is 24.5 Å². The van der Waals surface area contributed by atoms with Crippen LogP contribution in [0.3, 0.4) is 0 Å². The van der Waals surface area contributed by atoms with Gasteiger partial charge in [0.25, 0.3) is 0 Å². The van der Waals surface area contributed by atoms with Gasteiger partial charge in [-0.2, -0.15) is 0 Å². The molecule has 0 aromatic heterocycles. The third-order valence-corrected chi connectivity index (χ3v) is 11.5. The van der Waals surface area contributed by atoms with Crippen LogP contribution >= 0.6 is 0 Å². The van der Waals surface area contributed by atoms with E-state index in [1.807, 2.05) is 25.8 Å². The molecule has 0 radical (unpaired) electrons. The zero-order valence-electron chi connectivity index (χ0n) is 33.9. The van der Waals surface area contributed by atoms with E-state index in [0.717, 1.165) is 32.6 Å². The van der Waals surface area contributed by atoms with Crippen molar-refractivity contribution in [2.24, 2.45) is 17.8 Å². The summed E-state index contributed by atoms with van der Waals surface area (Å²) in [6.07, 6.45) is -0.215. The summed E-state index contributed by atoms with van der Waals surface area (Å²) < 4.78 is 18.5. The van der Waals surface area contributed by atoms with E-state index in [1.54, 1.807) is 34.6 Å². The van der Waals surface area contributed by atoms with Crippen molar-refractivity contribution in [3.63, 3.8) is 0 Å². The SMILES string of the molecule is CCCCN(CCCC)CCCNC1C[C@@H](C)O[C@@H](O[C@@H]2[C@@H](C)[C@H](O)[C@@H](C)C(=O)O[C@H](CC)[C@@](C)(O)[C@H](O)[C@@H](C)N(C)C[C@H](C)C[C@@]2(C)O)C1O. The first-order valence-electron chi connectivity index (χ1n) is 20.0. The molecule has 6 N–H and O–H groups in total. The molecule has 2 fully saturated rings. The van der Waals surface area contributed by atoms with Gasteiger partial charge < -0.3 is 54.9 Å². The highest BCUT2D eigenvalue weighted by Gasteiger charge is 2.49. The lowest BCUT2D eigenvalue weighted by Gasteiger charge is -2.46. The van der Waals surface area contributed by atoms with Gasteiger partial charge in [-0.05, 0) is 112 Å². The molecule has 2 rings (SSSR count). The fraction of sp³-hybridized carbons (Fsp3) is 0.974. The summed E-state index contributed by atoms with van der Waals surface area (Å²) >= 11 is 0. The van der Waals surface area contributed by atoms with Gasteiger partial charge in [0.2, 0.25) is 0 Å². The summed E-state index contributed by atoms with van der Waals surface area (Å²) in [6.45, 7) is 22.7. The second kappa shape index (κ2) is 21.2. The van der Waals surface area contributed by atoms with Crippen molar-refractivity contribution in [3.8, 4) is 0 Å². The predicted molar refractivity (Wildman–Crippen MR) is 200 cm³/mol. The van der Waals surface area contributed by atoms with Gasteiger partial charge in [-0.15, -0.1) is 0 Å². The number of cyclic esters (lactones) is 1. The minimum absolute atomic E-state index is 0.109. The highest BCUT2D eigenvalue weighted by Crippen LogP contribution is 2.36. The number of ether oxygens (including phenoxy) is 3. The van der Waals surface area contributed by atoms with E-state index >= 15 is 0 Å². The smallest absolute Gasteiger partial charge is 0.311 e. The van der Waals surface area contributed by atoms with E-state index < -0.39 is 71.9 Å². The lowest BCUT2D eigenvalue weighted by atomic mass is 9.78. The molecule has 2 aliphatic rings. The topological polar surface area (TPSA) is 164 Å². The maximum atomic E-state index is 13.5. The monoisotopic (exact) mass is 732 g/mol. The van der Waals surface area contributed by atoms with Gasteiger partial charge in [0.1, 0.15) is 23.9 Å². The largest absolute Gasteiger partial charge is 0.459 e. The number of nitrogens with zero attached hydrogens (tertiary/aromatic N) is 2. The standard InChI is InChI=1S/C39H77N3O9/c1-12-15-19-42(20-16-13-2)21-17-18-40-30-22-26(5)49-37(33(30)44)51-35-27(6)32(43)28(7)36(46)50-31(14-3)39(10,48)34(45)29(8)41(11)24-25(4)23-38(35,9)47/h25-35,37,40,43-45,47-48H,12-24H2,1-11H3/t25-,26-,27+,28-,29-,30?,31-,32+,33?,34-,35-,37+,38-,39-/m1/s1. The Kier molecular flexibility index (Phi) is 19.2. The molecule has 2 saturated heterocycles. The Morgan fingerprint density at radius 1 is 0.941 bits per heavy atom. The van der Waals surface area contributed by atoms with Crippen LogP contribution in [0, 0.1) is 17.8 Å². The quantitative estimate of drug-likeness (QED) is 0.114. The van der Waals surface area contributed by atoms with Gasteiger partial charge in [0.15, 0.2) is 6.29 Å². The third kappa shape index (κ3) is 13.1. The van der Waals surface area contributed by atoms with Crippen LogP contribution < -0.4 is 5.32 Å². The lowest BCUT2D eigenvalue weighted by Crippen LogP contribution is -2.59. The number of carbonyl (C=O) groups excluding carboxylic acids is 1. The first-order chi connectivity index (χ1) is 23.8. The maximum Gasteiger partial charge on any atom is 0.311 e. The number of likely N-dealkylation sites (N-methyl/N-ethyl adjacent to an activating group) is 1. The number of hydrogen-bond acceptors (Lipinski definition) is 12. The Bertz CT molecular complexity index is 995. The van der Waals surface area contributed by atoms with Crippen molar-refractivity contribution in [1.82, 2.24) is 15.1 Å². The molecule has 12 nitrogen and oxygen atoms in total. The molecule has 14 atom stereocenters. The van der Waals surface area contributed by atoms with E-state index in [1.165, 1.54) is 32.6 Å². The van der Waals surface area contributed by atoms with Crippen LogP contribution in [0.2, 0.25) is 0 Å². The van der Waals surface area contributed by atoms with Gasteiger partial charge in [-0.1, -0.05) is 47.5 Å². The Balaban J connectivity index is 2.32. The molecule has 2 unspecified atom stereocenters. The highest BCUT2D eigenvalue weighted by atomic mass is 16.7. The van der Waals surface area contributed by atoms with Crippen molar-refractivity contribution in [1.29, 1.82) is 0 Å². The Labute approximate surface area is 309 Å². The number of aliphatic hydroxyl groups is 5. The molecule has 2 aliphatic heterocycles. The minimum Gasteiger partial charge on any atom is -0.459 e. The molecule has 0 aromatic carbocycles. The van der Waals surface area contributed by atoms with Crippen LogP contribution in [-0.2, 0) is 19.0 Å². The number of unbranched alkanes of at least 4 members (excludes halogenated alkanes) is 2. The number of carbonyl (C=O) groups is 1. The van der Waals surface area contributed by atoms with E-state index in [0.29, 0.717) is 13.0 Å². The van der Waals surface area contributed by atoms with Crippen LogP contribution in [0.1, 0.15) is 121 Å². The molecule has 0 saturated carbocycles. The van der Waals surface area contributed by atoms with Crippen molar-refractivity contribution in [3.05, 3.63) is 0 Å². The predicted octanol–water partition coefficient (Wildman–Crippen LogP) is 3.30. The summed E-state index contributed by atoms with van der Waals surface area (Å²) in [5, 5.41) is 61.7. The molecule has 0 aromatic rings. The second-order valence-corrected chi connectivity index (χ2v) is 16.6. The minimum atomic E-state index is -1.76.